The Bertz CT molecular complexity index is 378. The Morgan fingerprint density at radius 2 is 2.24 bits per heavy atom. The number of rotatable bonds is 6. The normalized spacial score (nSPS) is 10.3. The Labute approximate surface area is 102 Å². The lowest BCUT2D eigenvalue weighted by molar-refractivity contribution is -0.116. The summed E-state index contributed by atoms with van der Waals surface area (Å²) in [5.74, 6) is 0.0133. The van der Waals surface area contributed by atoms with Crippen molar-refractivity contribution in [2.24, 2.45) is 5.73 Å². The lowest BCUT2D eigenvalue weighted by Crippen LogP contribution is -2.13. The topological polar surface area (TPSA) is 64.3 Å². The number of carbonyl (C=O) groups excluding carboxylic acids is 1. The minimum absolute atomic E-state index is 0.0133. The Kier molecular flexibility index (Phi) is 5.66. The molecule has 0 radical (unpaired) electrons. The third kappa shape index (κ3) is 4.54. The molecule has 0 aliphatic heterocycles. The molecule has 0 unspecified atom stereocenters. The Balaban J connectivity index is 2.57. The van der Waals surface area contributed by atoms with Crippen molar-refractivity contribution in [3.05, 3.63) is 29.3 Å². The van der Waals surface area contributed by atoms with E-state index in [1.807, 2.05) is 25.1 Å². The van der Waals surface area contributed by atoms with E-state index >= 15 is 0 Å². The minimum atomic E-state index is 0.0133. The molecule has 0 heterocycles. The van der Waals surface area contributed by atoms with Gasteiger partial charge in [-0.05, 0) is 30.5 Å². The van der Waals surface area contributed by atoms with Crippen LogP contribution in [0.4, 0.5) is 5.69 Å². The van der Waals surface area contributed by atoms with Crippen molar-refractivity contribution in [1.29, 1.82) is 0 Å². The summed E-state index contributed by atoms with van der Waals surface area (Å²) >= 11 is 0. The molecular weight excluding hydrogens is 216 g/mol. The van der Waals surface area contributed by atoms with Crippen LogP contribution in [-0.4, -0.2) is 19.6 Å². The first-order valence-corrected chi connectivity index (χ1v) is 5.75. The van der Waals surface area contributed by atoms with Gasteiger partial charge in [0.1, 0.15) is 0 Å². The van der Waals surface area contributed by atoms with E-state index in [9.17, 15) is 4.79 Å². The Morgan fingerprint density at radius 1 is 1.47 bits per heavy atom. The second-order valence-corrected chi connectivity index (χ2v) is 4.00. The summed E-state index contributed by atoms with van der Waals surface area (Å²) in [6.07, 6.45) is 1.21. The highest BCUT2D eigenvalue weighted by atomic mass is 16.5. The van der Waals surface area contributed by atoms with Crippen LogP contribution >= 0.6 is 0 Å². The number of benzene rings is 1. The van der Waals surface area contributed by atoms with Gasteiger partial charge in [-0.25, -0.2) is 0 Å². The van der Waals surface area contributed by atoms with E-state index in [2.05, 4.69) is 5.32 Å². The van der Waals surface area contributed by atoms with Crippen LogP contribution in [0.5, 0.6) is 0 Å². The molecule has 0 fully saturated rings. The second-order valence-electron chi connectivity index (χ2n) is 4.00. The number of amides is 1. The summed E-state index contributed by atoms with van der Waals surface area (Å²) in [7, 11) is 1.63. The average Bonchev–Trinajstić information content (AvgIpc) is 2.32. The first-order chi connectivity index (χ1) is 8.17. The van der Waals surface area contributed by atoms with Crippen LogP contribution in [0.25, 0.3) is 0 Å². The maximum Gasteiger partial charge on any atom is 0.224 e. The van der Waals surface area contributed by atoms with E-state index in [0.717, 1.165) is 23.2 Å². The van der Waals surface area contributed by atoms with Crippen molar-refractivity contribution in [1.82, 2.24) is 0 Å². The summed E-state index contributed by atoms with van der Waals surface area (Å²) in [5.41, 5.74) is 8.47. The third-order valence-corrected chi connectivity index (χ3v) is 2.56. The molecule has 0 spiro atoms. The quantitative estimate of drug-likeness (QED) is 0.740. The van der Waals surface area contributed by atoms with Gasteiger partial charge in [0, 0.05) is 32.4 Å². The molecule has 94 valence electrons. The van der Waals surface area contributed by atoms with Gasteiger partial charge in [-0.15, -0.1) is 0 Å². The van der Waals surface area contributed by atoms with E-state index in [0.29, 0.717) is 19.6 Å². The van der Waals surface area contributed by atoms with Crippen LogP contribution in [0.1, 0.15) is 24.0 Å². The Morgan fingerprint density at radius 3 is 2.88 bits per heavy atom. The summed E-state index contributed by atoms with van der Waals surface area (Å²) in [6, 6.07) is 5.85. The van der Waals surface area contributed by atoms with E-state index in [4.69, 9.17) is 10.5 Å². The van der Waals surface area contributed by atoms with Crippen molar-refractivity contribution in [2.45, 2.75) is 26.3 Å². The molecule has 0 bridgehead atoms. The maximum absolute atomic E-state index is 11.6. The van der Waals surface area contributed by atoms with Gasteiger partial charge >= 0.3 is 0 Å². The molecule has 1 amide bonds. The van der Waals surface area contributed by atoms with Gasteiger partial charge in [-0.1, -0.05) is 12.1 Å². The lowest BCUT2D eigenvalue weighted by atomic mass is 10.1. The van der Waals surface area contributed by atoms with Gasteiger partial charge in [-0.2, -0.15) is 0 Å². The Hall–Kier alpha value is -1.39. The number of anilines is 1. The van der Waals surface area contributed by atoms with Crippen molar-refractivity contribution < 1.29 is 9.53 Å². The largest absolute Gasteiger partial charge is 0.385 e. The SMILES string of the molecule is COCCCC(=O)Nc1cc(CN)ccc1C. The molecule has 0 saturated heterocycles. The number of nitrogens with two attached hydrogens (primary N) is 1. The number of hydrogen-bond donors (Lipinski definition) is 2. The summed E-state index contributed by atoms with van der Waals surface area (Å²) < 4.78 is 4.91. The highest BCUT2D eigenvalue weighted by molar-refractivity contribution is 5.91. The zero-order valence-electron chi connectivity index (χ0n) is 10.5. The average molecular weight is 236 g/mol. The van der Waals surface area contributed by atoms with Crippen LogP contribution in [0.2, 0.25) is 0 Å². The molecule has 0 aromatic heterocycles. The summed E-state index contributed by atoms with van der Waals surface area (Å²) in [6.45, 7) is 3.05. The van der Waals surface area contributed by atoms with Gasteiger partial charge in [0.15, 0.2) is 0 Å². The smallest absolute Gasteiger partial charge is 0.224 e. The third-order valence-electron chi connectivity index (χ3n) is 2.56. The predicted octanol–water partition coefficient (Wildman–Crippen LogP) is 1.82. The number of hydrogen-bond acceptors (Lipinski definition) is 3. The molecular formula is C13H20N2O2. The maximum atomic E-state index is 11.6. The second kappa shape index (κ2) is 7.04. The number of methoxy groups -OCH3 is 1. The molecule has 4 heteroatoms. The van der Waals surface area contributed by atoms with Crippen LogP contribution in [0.15, 0.2) is 18.2 Å². The van der Waals surface area contributed by atoms with Crippen molar-refractivity contribution in [3.8, 4) is 0 Å². The van der Waals surface area contributed by atoms with E-state index < -0.39 is 0 Å². The van der Waals surface area contributed by atoms with Gasteiger partial charge in [0.25, 0.3) is 0 Å². The number of ether oxygens (including phenoxy) is 1. The molecule has 1 rings (SSSR count). The van der Waals surface area contributed by atoms with E-state index in [1.54, 1.807) is 7.11 Å². The van der Waals surface area contributed by atoms with Crippen LogP contribution in [0.3, 0.4) is 0 Å². The molecule has 0 saturated carbocycles. The van der Waals surface area contributed by atoms with Crippen LogP contribution in [-0.2, 0) is 16.1 Å². The fraction of sp³-hybridized carbons (Fsp3) is 0.462. The highest BCUT2D eigenvalue weighted by Crippen LogP contribution is 2.17. The highest BCUT2D eigenvalue weighted by Gasteiger charge is 2.05. The number of aryl methyl sites for hydroxylation is 1. The molecule has 4 nitrogen and oxygen atoms in total. The fourth-order valence-electron chi connectivity index (χ4n) is 1.52. The van der Waals surface area contributed by atoms with Gasteiger partial charge in [0.2, 0.25) is 5.91 Å². The molecule has 0 aliphatic rings. The number of nitrogens with one attached hydrogen (secondary N) is 1. The number of carbonyl (C=O) groups is 1. The molecule has 0 atom stereocenters. The molecule has 3 N–H and O–H groups in total. The molecule has 17 heavy (non-hydrogen) atoms. The van der Waals surface area contributed by atoms with Crippen molar-refractivity contribution >= 4 is 11.6 Å². The fourth-order valence-corrected chi connectivity index (χ4v) is 1.52. The van der Waals surface area contributed by atoms with Gasteiger partial charge in [0.05, 0.1) is 0 Å². The van der Waals surface area contributed by atoms with Crippen molar-refractivity contribution in [3.63, 3.8) is 0 Å². The monoisotopic (exact) mass is 236 g/mol. The van der Waals surface area contributed by atoms with E-state index in [1.165, 1.54) is 0 Å². The molecule has 1 aromatic rings. The van der Waals surface area contributed by atoms with Crippen molar-refractivity contribution in [2.75, 3.05) is 19.0 Å². The van der Waals surface area contributed by atoms with Gasteiger partial charge < -0.3 is 15.8 Å². The lowest BCUT2D eigenvalue weighted by Gasteiger charge is -2.10. The predicted molar refractivity (Wildman–Crippen MR) is 68.8 cm³/mol. The van der Waals surface area contributed by atoms with Gasteiger partial charge in [-0.3, -0.25) is 4.79 Å². The zero-order chi connectivity index (χ0) is 12.7. The first kappa shape index (κ1) is 13.7. The van der Waals surface area contributed by atoms with E-state index in [-0.39, 0.29) is 5.91 Å². The first-order valence-electron chi connectivity index (χ1n) is 5.75. The van der Waals surface area contributed by atoms with Crippen LogP contribution < -0.4 is 11.1 Å². The zero-order valence-corrected chi connectivity index (χ0v) is 10.5. The standard InChI is InChI=1S/C13H20N2O2/c1-10-5-6-11(9-14)8-12(10)15-13(16)4-3-7-17-2/h5-6,8H,3-4,7,9,14H2,1-2H3,(H,15,16). The molecule has 1 aromatic carbocycles. The van der Waals surface area contributed by atoms with Crippen LogP contribution in [0, 0.1) is 6.92 Å². The minimum Gasteiger partial charge on any atom is -0.385 e. The summed E-state index contributed by atoms with van der Waals surface area (Å²) in [4.78, 5) is 11.6. The summed E-state index contributed by atoms with van der Waals surface area (Å²) in [5, 5.41) is 2.89. The molecule has 0 aliphatic carbocycles.